The molecule has 0 radical (unpaired) electrons. The number of nitrogens with one attached hydrogen (secondary N) is 1. The summed E-state index contributed by atoms with van der Waals surface area (Å²) in [5.41, 5.74) is 0. The van der Waals surface area contributed by atoms with Crippen molar-refractivity contribution >= 4 is 11.7 Å². The average Bonchev–Trinajstić information content (AvgIpc) is 2.56. The van der Waals surface area contributed by atoms with Crippen molar-refractivity contribution in [3.05, 3.63) is 30.2 Å². The summed E-state index contributed by atoms with van der Waals surface area (Å²) in [6, 6.07) is 3.48. The molecule has 0 fully saturated rings. The van der Waals surface area contributed by atoms with Gasteiger partial charge in [-0.2, -0.15) is 0 Å². The van der Waals surface area contributed by atoms with Crippen LogP contribution in [0.2, 0.25) is 0 Å². The fourth-order valence-corrected chi connectivity index (χ4v) is 0.958. The van der Waals surface area contributed by atoms with Crippen molar-refractivity contribution < 1.29 is 13.9 Å². The SMILES string of the molecule is O=C1C=C(c2ccco2)OCN1. The van der Waals surface area contributed by atoms with Crippen molar-refractivity contribution in [3.8, 4) is 0 Å². The molecule has 0 saturated carbocycles. The molecular formula is C8H7NO3. The highest BCUT2D eigenvalue weighted by Crippen LogP contribution is 2.17. The van der Waals surface area contributed by atoms with Crippen LogP contribution < -0.4 is 5.32 Å². The number of amides is 1. The maximum absolute atomic E-state index is 10.9. The molecule has 1 aliphatic rings. The molecule has 1 amide bonds. The molecule has 0 atom stereocenters. The van der Waals surface area contributed by atoms with E-state index in [4.69, 9.17) is 9.15 Å². The summed E-state index contributed by atoms with van der Waals surface area (Å²) in [5, 5.41) is 2.49. The van der Waals surface area contributed by atoms with Gasteiger partial charge in [0.15, 0.2) is 18.3 Å². The van der Waals surface area contributed by atoms with Gasteiger partial charge in [0, 0.05) is 6.08 Å². The van der Waals surface area contributed by atoms with Gasteiger partial charge in [0.25, 0.3) is 0 Å². The summed E-state index contributed by atoms with van der Waals surface area (Å²) in [5.74, 6) is 0.890. The van der Waals surface area contributed by atoms with Crippen molar-refractivity contribution in [3.63, 3.8) is 0 Å². The van der Waals surface area contributed by atoms with Gasteiger partial charge in [-0.25, -0.2) is 0 Å². The second-order valence-electron chi connectivity index (χ2n) is 2.32. The first kappa shape index (κ1) is 6.97. The maximum atomic E-state index is 10.9. The van der Waals surface area contributed by atoms with Crippen molar-refractivity contribution in [2.24, 2.45) is 0 Å². The lowest BCUT2D eigenvalue weighted by Gasteiger charge is -2.13. The Kier molecular flexibility index (Phi) is 1.59. The molecule has 4 heteroatoms. The van der Waals surface area contributed by atoms with E-state index in [1.54, 1.807) is 12.1 Å². The quantitative estimate of drug-likeness (QED) is 0.667. The Morgan fingerprint density at radius 3 is 3.08 bits per heavy atom. The highest BCUT2D eigenvalue weighted by atomic mass is 16.5. The van der Waals surface area contributed by atoms with E-state index in [2.05, 4.69) is 5.32 Å². The van der Waals surface area contributed by atoms with Gasteiger partial charge in [0.2, 0.25) is 5.91 Å². The van der Waals surface area contributed by atoms with Crippen LogP contribution in [0.4, 0.5) is 0 Å². The Morgan fingerprint density at radius 2 is 2.42 bits per heavy atom. The van der Waals surface area contributed by atoms with Crippen LogP contribution in [0, 0.1) is 0 Å². The Balaban J connectivity index is 2.29. The Bertz CT molecular complexity index is 313. The molecule has 2 rings (SSSR count). The van der Waals surface area contributed by atoms with Crippen LogP contribution in [0.5, 0.6) is 0 Å². The lowest BCUT2D eigenvalue weighted by molar-refractivity contribution is -0.118. The van der Waals surface area contributed by atoms with Crippen LogP contribution in [0.3, 0.4) is 0 Å². The van der Waals surface area contributed by atoms with Gasteiger partial charge in [-0.1, -0.05) is 0 Å². The minimum atomic E-state index is -0.160. The summed E-state index contributed by atoms with van der Waals surface area (Å²) in [7, 11) is 0. The Hall–Kier alpha value is -1.71. The number of carbonyl (C=O) groups is 1. The molecular weight excluding hydrogens is 158 g/mol. The number of rotatable bonds is 1. The van der Waals surface area contributed by atoms with E-state index in [0.717, 1.165) is 0 Å². The van der Waals surface area contributed by atoms with Crippen molar-refractivity contribution in [1.29, 1.82) is 0 Å². The third kappa shape index (κ3) is 1.18. The fraction of sp³-hybridized carbons (Fsp3) is 0.125. The van der Waals surface area contributed by atoms with Gasteiger partial charge in [-0.15, -0.1) is 0 Å². The van der Waals surface area contributed by atoms with Crippen LogP contribution in [0.1, 0.15) is 5.76 Å². The van der Waals surface area contributed by atoms with Crippen molar-refractivity contribution in [2.45, 2.75) is 0 Å². The normalized spacial score (nSPS) is 16.3. The summed E-state index contributed by atoms with van der Waals surface area (Å²) >= 11 is 0. The molecule has 1 aromatic rings. The standard InChI is InChI=1S/C8H7NO3/c10-8-4-7(12-5-9-8)6-2-1-3-11-6/h1-4H,5H2,(H,9,10). The zero-order valence-electron chi connectivity index (χ0n) is 6.24. The molecule has 4 nitrogen and oxygen atoms in total. The first-order valence-electron chi connectivity index (χ1n) is 3.52. The van der Waals surface area contributed by atoms with Gasteiger partial charge in [-0.05, 0) is 12.1 Å². The maximum Gasteiger partial charge on any atom is 0.250 e. The van der Waals surface area contributed by atoms with Crippen LogP contribution in [0.15, 0.2) is 28.9 Å². The largest absolute Gasteiger partial charge is 0.469 e. The molecule has 1 aromatic heterocycles. The second kappa shape index (κ2) is 2.73. The van der Waals surface area contributed by atoms with Gasteiger partial charge in [-0.3, -0.25) is 4.79 Å². The lowest BCUT2D eigenvalue weighted by Crippen LogP contribution is -2.28. The van der Waals surface area contributed by atoms with Crippen LogP contribution in [-0.2, 0) is 9.53 Å². The van der Waals surface area contributed by atoms with E-state index >= 15 is 0 Å². The third-order valence-electron chi connectivity index (χ3n) is 1.50. The summed E-state index contributed by atoms with van der Waals surface area (Å²) < 4.78 is 10.2. The highest BCUT2D eigenvalue weighted by molar-refractivity contribution is 5.94. The third-order valence-corrected chi connectivity index (χ3v) is 1.50. The van der Waals surface area contributed by atoms with Crippen molar-refractivity contribution in [2.75, 3.05) is 6.73 Å². The molecule has 12 heavy (non-hydrogen) atoms. The summed E-state index contributed by atoms with van der Waals surface area (Å²) in [4.78, 5) is 10.9. The zero-order valence-corrected chi connectivity index (χ0v) is 6.24. The lowest BCUT2D eigenvalue weighted by atomic mass is 10.3. The van der Waals surface area contributed by atoms with E-state index in [9.17, 15) is 4.79 Å². The van der Waals surface area contributed by atoms with Gasteiger partial charge >= 0.3 is 0 Å². The number of hydrogen-bond acceptors (Lipinski definition) is 3. The molecule has 2 heterocycles. The zero-order chi connectivity index (χ0) is 8.39. The predicted molar refractivity (Wildman–Crippen MR) is 40.8 cm³/mol. The molecule has 0 spiro atoms. The summed E-state index contributed by atoms with van der Waals surface area (Å²) in [6.07, 6.45) is 2.90. The molecule has 0 aliphatic carbocycles. The van der Waals surface area contributed by atoms with E-state index in [1.165, 1.54) is 12.3 Å². The molecule has 62 valence electrons. The smallest absolute Gasteiger partial charge is 0.250 e. The first-order valence-corrected chi connectivity index (χ1v) is 3.52. The van der Waals surface area contributed by atoms with Gasteiger partial charge in [0.1, 0.15) is 0 Å². The van der Waals surface area contributed by atoms with Crippen LogP contribution >= 0.6 is 0 Å². The average molecular weight is 165 g/mol. The number of hydrogen-bond donors (Lipinski definition) is 1. The first-order chi connectivity index (χ1) is 5.86. The molecule has 0 aromatic carbocycles. The molecule has 1 N–H and O–H groups in total. The summed E-state index contributed by atoms with van der Waals surface area (Å²) in [6.45, 7) is 0.200. The topological polar surface area (TPSA) is 51.5 Å². The highest BCUT2D eigenvalue weighted by Gasteiger charge is 2.13. The number of carbonyl (C=O) groups excluding carboxylic acids is 1. The second-order valence-corrected chi connectivity index (χ2v) is 2.32. The fourth-order valence-electron chi connectivity index (χ4n) is 0.958. The van der Waals surface area contributed by atoms with Crippen molar-refractivity contribution in [1.82, 2.24) is 5.32 Å². The van der Waals surface area contributed by atoms with E-state index in [0.29, 0.717) is 11.5 Å². The van der Waals surface area contributed by atoms with E-state index in [1.807, 2.05) is 0 Å². The molecule has 0 bridgehead atoms. The van der Waals surface area contributed by atoms with E-state index < -0.39 is 0 Å². The number of ether oxygens (including phenoxy) is 1. The Morgan fingerprint density at radius 1 is 1.50 bits per heavy atom. The minimum Gasteiger partial charge on any atom is -0.469 e. The number of furan rings is 1. The van der Waals surface area contributed by atoms with Crippen LogP contribution in [-0.4, -0.2) is 12.6 Å². The molecule has 1 aliphatic heterocycles. The van der Waals surface area contributed by atoms with Gasteiger partial charge in [0.05, 0.1) is 6.26 Å². The molecule has 0 unspecified atom stereocenters. The van der Waals surface area contributed by atoms with E-state index in [-0.39, 0.29) is 12.6 Å². The predicted octanol–water partition coefficient (Wildman–Crippen LogP) is 0.724. The van der Waals surface area contributed by atoms with Crippen LogP contribution in [0.25, 0.3) is 5.76 Å². The van der Waals surface area contributed by atoms with Gasteiger partial charge < -0.3 is 14.5 Å². The minimum absolute atomic E-state index is 0.160. The molecule has 0 saturated heterocycles. The monoisotopic (exact) mass is 165 g/mol. The Labute approximate surface area is 68.8 Å².